The highest BCUT2D eigenvalue weighted by atomic mass is 32.2. The maximum absolute atomic E-state index is 13.2. The first-order chi connectivity index (χ1) is 12.3. The molecule has 128 valence electrons. The van der Waals surface area contributed by atoms with E-state index in [9.17, 15) is 4.79 Å². The second-order valence-corrected chi connectivity index (χ2v) is 7.30. The van der Waals surface area contributed by atoms with Crippen molar-refractivity contribution in [3.63, 3.8) is 0 Å². The van der Waals surface area contributed by atoms with E-state index in [1.54, 1.807) is 0 Å². The van der Waals surface area contributed by atoms with Crippen molar-refractivity contribution in [3.05, 3.63) is 60.2 Å². The Morgan fingerprint density at radius 3 is 2.48 bits per heavy atom. The van der Waals surface area contributed by atoms with Crippen molar-refractivity contribution >= 4 is 28.8 Å². The Morgan fingerprint density at radius 1 is 1.00 bits per heavy atom. The Labute approximate surface area is 151 Å². The lowest BCUT2D eigenvalue weighted by Gasteiger charge is -2.30. The van der Waals surface area contributed by atoms with Crippen LogP contribution in [0.4, 0.5) is 0 Å². The quantitative estimate of drug-likeness (QED) is 0.640. The smallest absolute Gasteiger partial charge is 0.257 e. The summed E-state index contributed by atoms with van der Waals surface area (Å²) < 4.78 is 5.84. The summed E-state index contributed by atoms with van der Waals surface area (Å²) in [6.07, 6.45) is 3.37. The zero-order chi connectivity index (χ0) is 17.1. The number of carbonyl (C=O) groups is 1. The van der Waals surface area contributed by atoms with Crippen LogP contribution in [0.15, 0.2) is 64.2 Å². The lowest BCUT2D eigenvalue weighted by Crippen LogP contribution is -2.38. The molecule has 1 aliphatic heterocycles. The first kappa shape index (κ1) is 16.2. The van der Waals surface area contributed by atoms with Gasteiger partial charge in [0.1, 0.15) is 10.8 Å². The van der Waals surface area contributed by atoms with Gasteiger partial charge in [-0.15, -0.1) is 0 Å². The average Bonchev–Trinajstić information content (AvgIpc) is 3.09. The number of carbonyl (C=O) groups excluding carboxylic acids is 1. The minimum absolute atomic E-state index is 0.151. The summed E-state index contributed by atoms with van der Waals surface area (Å²) in [5.74, 6) is 0.151. The largest absolute Gasteiger partial charge is 0.431 e. The predicted octanol–water partition coefficient (Wildman–Crippen LogP) is 4.67. The van der Waals surface area contributed by atoms with E-state index in [2.05, 4.69) is 4.98 Å². The molecule has 1 amide bonds. The molecule has 4 nitrogen and oxygen atoms in total. The standard InChI is InChI=1S/C20H20N2O2S/c23-19(22-13-7-2-8-14-22)18(15-9-3-1-4-10-15)25-20-21-16-11-5-6-12-17(16)24-20/h1,3-6,9-12,18H,2,7-8,13-14H2. The van der Waals surface area contributed by atoms with Crippen molar-refractivity contribution in [3.8, 4) is 0 Å². The lowest BCUT2D eigenvalue weighted by atomic mass is 10.1. The zero-order valence-electron chi connectivity index (χ0n) is 13.9. The monoisotopic (exact) mass is 352 g/mol. The van der Waals surface area contributed by atoms with Gasteiger partial charge in [0.15, 0.2) is 5.58 Å². The number of amides is 1. The van der Waals surface area contributed by atoms with Crippen LogP contribution in [0.2, 0.25) is 0 Å². The van der Waals surface area contributed by atoms with Crippen LogP contribution in [-0.4, -0.2) is 28.9 Å². The van der Waals surface area contributed by atoms with Crippen LogP contribution in [0.25, 0.3) is 11.1 Å². The van der Waals surface area contributed by atoms with Crippen LogP contribution >= 0.6 is 11.8 Å². The molecule has 25 heavy (non-hydrogen) atoms. The molecular formula is C20H20N2O2S. The molecule has 1 fully saturated rings. The number of benzene rings is 2. The highest BCUT2D eigenvalue weighted by Crippen LogP contribution is 2.38. The fourth-order valence-electron chi connectivity index (χ4n) is 3.17. The van der Waals surface area contributed by atoms with Crippen LogP contribution in [0.1, 0.15) is 30.1 Å². The van der Waals surface area contributed by atoms with Gasteiger partial charge in [-0.2, -0.15) is 0 Å². The second kappa shape index (κ2) is 7.31. The number of para-hydroxylation sites is 2. The van der Waals surface area contributed by atoms with Crippen LogP contribution in [0.3, 0.4) is 0 Å². The minimum atomic E-state index is -0.327. The first-order valence-electron chi connectivity index (χ1n) is 8.67. The van der Waals surface area contributed by atoms with E-state index >= 15 is 0 Å². The van der Waals surface area contributed by atoms with Crippen molar-refractivity contribution in [1.82, 2.24) is 9.88 Å². The topological polar surface area (TPSA) is 46.3 Å². The van der Waals surface area contributed by atoms with Crippen molar-refractivity contribution in [2.45, 2.75) is 29.7 Å². The number of likely N-dealkylation sites (tertiary alicyclic amines) is 1. The Hall–Kier alpha value is -2.27. The number of hydrogen-bond donors (Lipinski definition) is 0. The molecule has 0 bridgehead atoms. The Balaban J connectivity index is 1.63. The summed E-state index contributed by atoms with van der Waals surface area (Å²) in [4.78, 5) is 19.7. The molecule has 4 rings (SSSR count). The molecule has 3 aromatic rings. The van der Waals surface area contributed by atoms with Gasteiger partial charge in [0, 0.05) is 13.1 Å². The third-order valence-corrected chi connectivity index (χ3v) is 5.57. The number of hydrogen-bond acceptors (Lipinski definition) is 4. The van der Waals surface area contributed by atoms with E-state index in [0.717, 1.165) is 42.6 Å². The highest BCUT2D eigenvalue weighted by Gasteiger charge is 2.29. The normalized spacial score (nSPS) is 16.1. The SMILES string of the molecule is O=C(C(Sc1nc2ccccc2o1)c1ccccc1)N1CCCCC1. The van der Waals surface area contributed by atoms with Gasteiger partial charge in [0.05, 0.1) is 0 Å². The van der Waals surface area contributed by atoms with Gasteiger partial charge in [0.2, 0.25) is 5.91 Å². The van der Waals surface area contributed by atoms with Gasteiger partial charge in [-0.3, -0.25) is 4.79 Å². The summed E-state index contributed by atoms with van der Waals surface area (Å²) in [5, 5.41) is 0.216. The lowest BCUT2D eigenvalue weighted by molar-refractivity contribution is -0.131. The molecule has 5 heteroatoms. The molecule has 1 saturated heterocycles. The van der Waals surface area contributed by atoms with E-state index in [1.807, 2.05) is 59.5 Å². The van der Waals surface area contributed by atoms with Gasteiger partial charge in [-0.05, 0) is 48.7 Å². The molecule has 2 heterocycles. The number of fused-ring (bicyclic) bond motifs is 1. The Kier molecular flexibility index (Phi) is 4.74. The molecule has 1 aliphatic rings. The van der Waals surface area contributed by atoms with Crippen molar-refractivity contribution in [1.29, 1.82) is 0 Å². The van der Waals surface area contributed by atoms with Gasteiger partial charge in [-0.1, -0.05) is 42.5 Å². The van der Waals surface area contributed by atoms with E-state index in [4.69, 9.17) is 4.42 Å². The summed E-state index contributed by atoms with van der Waals surface area (Å²) in [6, 6.07) is 17.6. The van der Waals surface area contributed by atoms with E-state index in [1.165, 1.54) is 18.2 Å². The predicted molar refractivity (Wildman–Crippen MR) is 99.5 cm³/mol. The van der Waals surface area contributed by atoms with Crippen LogP contribution in [-0.2, 0) is 4.79 Å². The fourth-order valence-corrected chi connectivity index (χ4v) is 4.20. The summed E-state index contributed by atoms with van der Waals surface area (Å²) in [6.45, 7) is 1.69. The summed E-state index contributed by atoms with van der Waals surface area (Å²) >= 11 is 1.40. The number of nitrogens with zero attached hydrogens (tertiary/aromatic N) is 2. The zero-order valence-corrected chi connectivity index (χ0v) is 14.7. The average molecular weight is 352 g/mol. The van der Waals surface area contributed by atoms with Crippen molar-refractivity contribution in [2.24, 2.45) is 0 Å². The molecule has 0 spiro atoms. The molecule has 2 aromatic carbocycles. The molecule has 0 N–H and O–H groups in total. The fraction of sp³-hybridized carbons (Fsp3) is 0.300. The third-order valence-electron chi connectivity index (χ3n) is 4.49. The molecule has 0 aliphatic carbocycles. The third kappa shape index (κ3) is 3.56. The van der Waals surface area contributed by atoms with Gasteiger partial charge in [0.25, 0.3) is 5.22 Å². The summed E-state index contributed by atoms with van der Waals surface area (Å²) in [7, 11) is 0. The maximum atomic E-state index is 13.2. The Morgan fingerprint density at radius 2 is 1.72 bits per heavy atom. The van der Waals surface area contributed by atoms with Gasteiger partial charge >= 0.3 is 0 Å². The molecule has 1 aromatic heterocycles. The Bertz CT molecular complexity index is 823. The number of aromatic nitrogens is 1. The maximum Gasteiger partial charge on any atom is 0.257 e. The van der Waals surface area contributed by atoms with E-state index in [0.29, 0.717) is 5.22 Å². The van der Waals surface area contributed by atoms with Gasteiger partial charge in [-0.25, -0.2) is 4.98 Å². The van der Waals surface area contributed by atoms with E-state index in [-0.39, 0.29) is 11.2 Å². The van der Waals surface area contributed by atoms with Crippen molar-refractivity contribution in [2.75, 3.05) is 13.1 Å². The second-order valence-electron chi connectivity index (χ2n) is 6.24. The molecule has 1 unspecified atom stereocenters. The highest BCUT2D eigenvalue weighted by molar-refractivity contribution is 8.00. The molecule has 1 atom stereocenters. The molecule has 0 saturated carbocycles. The molecule has 0 radical (unpaired) electrons. The number of oxazole rings is 1. The number of piperidine rings is 1. The number of rotatable bonds is 4. The van der Waals surface area contributed by atoms with Crippen molar-refractivity contribution < 1.29 is 9.21 Å². The van der Waals surface area contributed by atoms with Gasteiger partial charge < -0.3 is 9.32 Å². The first-order valence-corrected chi connectivity index (χ1v) is 9.55. The summed E-state index contributed by atoms with van der Waals surface area (Å²) in [5.41, 5.74) is 2.56. The minimum Gasteiger partial charge on any atom is -0.431 e. The van der Waals surface area contributed by atoms with Crippen LogP contribution in [0.5, 0.6) is 0 Å². The molecular weight excluding hydrogens is 332 g/mol. The van der Waals surface area contributed by atoms with Crippen LogP contribution in [0, 0.1) is 0 Å². The number of thioether (sulfide) groups is 1. The van der Waals surface area contributed by atoms with Crippen LogP contribution < -0.4 is 0 Å². The van der Waals surface area contributed by atoms with E-state index < -0.39 is 0 Å².